The second-order valence-electron chi connectivity index (χ2n) is 6.78. The number of likely N-dealkylation sites (N-methyl/N-ethyl adjacent to an activating group) is 1. The number of halogens is 2. The van der Waals surface area contributed by atoms with Gasteiger partial charge >= 0.3 is 0 Å². The molecule has 0 atom stereocenters. The zero-order valence-electron chi connectivity index (χ0n) is 16.0. The molecule has 2 aromatic carbocycles. The molecule has 2 amide bonds. The summed E-state index contributed by atoms with van der Waals surface area (Å²) in [5, 5.41) is 7.46. The Morgan fingerprint density at radius 1 is 1.00 bits per heavy atom. The van der Waals surface area contributed by atoms with Crippen molar-refractivity contribution in [2.45, 2.75) is 6.42 Å². The van der Waals surface area contributed by atoms with Crippen LogP contribution < -0.4 is 10.6 Å². The van der Waals surface area contributed by atoms with Crippen LogP contribution in [0.5, 0.6) is 0 Å². The third-order valence-corrected chi connectivity index (χ3v) is 5.08. The summed E-state index contributed by atoms with van der Waals surface area (Å²) >= 11 is 12.1. The van der Waals surface area contributed by atoms with E-state index in [2.05, 4.69) is 21.7 Å². The number of H-pyrrole nitrogens is 1. The van der Waals surface area contributed by atoms with E-state index >= 15 is 0 Å². The Kier molecular flexibility index (Phi) is 7.14. The van der Waals surface area contributed by atoms with Crippen molar-refractivity contribution < 1.29 is 9.59 Å². The van der Waals surface area contributed by atoms with Crippen molar-refractivity contribution in [3.63, 3.8) is 0 Å². The maximum Gasteiger partial charge on any atom is 0.238 e. The normalized spacial score (nSPS) is 11.0. The summed E-state index contributed by atoms with van der Waals surface area (Å²) in [4.78, 5) is 29.2. The van der Waals surface area contributed by atoms with Crippen molar-refractivity contribution in [1.82, 2.24) is 15.2 Å². The molecule has 1 heterocycles. The van der Waals surface area contributed by atoms with Crippen molar-refractivity contribution in [3.8, 4) is 0 Å². The first-order chi connectivity index (χ1) is 13.9. The smallest absolute Gasteiger partial charge is 0.238 e. The van der Waals surface area contributed by atoms with Crippen LogP contribution in [0.15, 0.2) is 48.7 Å². The molecular formula is C21H22Cl2N4O2. The number of carbonyl (C=O) groups excluding carboxylic acids is 2. The summed E-state index contributed by atoms with van der Waals surface area (Å²) in [6.07, 6.45) is 2.69. The lowest BCUT2D eigenvalue weighted by Gasteiger charge is -2.16. The molecule has 6 nitrogen and oxygen atoms in total. The first kappa shape index (κ1) is 21.2. The fourth-order valence-corrected chi connectivity index (χ4v) is 3.57. The van der Waals surface area contributed by atoms with E-state index in [-0.39, 0.29) is 24.9 Å². The first-order valence-electron chi connectivity index (χ1n) is 9.18. The predicted molar refractivity (Wildman–Crippen MR) is 118 cm³/mol. The lowest BCUT2D eigenvalue weighted by molar-refractivity contribution is -0.122. The third kappa shape index (κ3) is 5.73. The van der Waals surface area contributed by atoms with Crippen LogP contribution in [0.3, 0.4) is 0 Å². The molecular weight excluding hydrogens is 411 g/mol. The van der Waals surface area contributed by atoms with Gasteiger partial charge < -0.3 is 15.6 Å². The lowest BCUT2D eigenvalue weighted by Crippen LogP contribution is -2.39. The van der Waals surface area contributed by atoms with E-state index in [0.717, 1.165) is 22.9 Å². The van der Waals surface area contributed by atoms with Crippen LogP contribution in [0.25, 0.3) is 10.9 Å². The summed E-state index contributed by atoms with van der Waals surface area (Å²) in [5.74, 6) is -0.440. The highest BCUT2D eigenvalue weighted by Crippen LogP contribution is 2.29. The van der Waals surface area contributed by atoms with Crippen LogP contribution >= 0.6 is 23.2 Å². The zero-order valence-corrected chi connectivity index (χ0v) is 17.5. The van der Waals surface area contributed by atoms with Gasteiger partial charge in [-0.1, -0.05) is 47.5 Å². The first-order valence-corrected chi connectivity index (χ1v) is 9.93. The van der Waals surface area contributed by atoms with Crippen molar-refractivity contribution in [3.05, 3.63) is 64.3 Å². The SMILES string of the molecule is CN(CC(=O)NCCc1c[nH]c2ccccc12)CC(=O)Nc1c(Cl)cccc1Cl. The second kappa shape index (κ2) is 9.78. The maximum absolute atomic E-state index is 12.2. The predicted octanol–water partition coefficient (Wildman–Crippen LogP) is 3.70. The molecule has 0 spiro atoms. The minimum absolute atomic E-state index is 0.0391. The molecule has 0 fully saturated rings. The van der Waals surface area contributed by atoms with E-state index in [4.69, 9.17) is 23.2 Å². The van der Waals surface area contributed by atoms with Crippen molar-refractivity contribution in [2.75, 3.05) is 32.0 Å². The number of aromatic nitrogens is 1. The molecule has 3 N–H and O–H groups in total. The fourth-order valence-electron chi connectivity index (χ4n) is 3.07. The van der Waals surface area contributed by atoms with E-state index in [0.29, 0.717) is 22.3 Å². The summed E-state index contributed by atoms with van der Waals surface area (Å²) in [5.41, 5.74) is 2.61. The molecule has 0 saturated carbocycles. The Labute approximate surface area is 179 Å². The molecule has 0 aliphatic heterocycles. The molecule has 3 aromatic rings. The van der Waals surface area contributed by atoms with Crippen LogP contribution in [-0.4, -0.2) is 48.4 Å². The molecule has 152 valence electrons. The van der Waals surface area contributed by atoms with Gasteiger partial charge in [-0.25, -0.2) is 0 Å². The molecule has 0 unspecified atom stereocenters. The number of para-hydroxylation sites is 2. The summed E-state index contributed by atoms with van der Waals surface area (Å²) in [7, 11) is 1.70. The number of carbonyl (C=O) groups is 2. The van der Waals surface area contributed by atoms with Gasteiger partial charge in [-0.2, -0.15) is 0 Å². The summed E-state index contributed by atoms with van der Waals surface area (Å²) in [6, 6.07) is 13.0. The largest absolute Gasteiger partial charge is 0.361 e. The van der Waals surface area contributed by atoms with Gasteiger partial charge in [0.15, 0.2) is 0 Å². The number of anilines is 1. The van der Waals surface area contributed by atoms with Crippen LogP contribution in [-0.2, 0) is 16.0 Å². The Balaban J connectivity index is 1.42. The zero-order chi connectivity index (χ0) is 20.8. The van der Waals surface area contributed by atoms with Gasteiger partial charge in [0.1, 0.15) is 0 Å². The van der Waals surface area contributed by atoms with Gasteiger partial charge in [0, 0.05) is 23.6 Å². The van der Waals surface area contributed by atoms with E-state index in [1.165, 1.54) is 0 Å². The Morgan fingerprint density at radius 3 is 2.45 bits per heavy atom. The highest BCUT2D eigenvalue weighted by atomic mass is 35.5. The summed E-state index contributed by atoms with van der Waals surface area (Å²) < 4.78 is 0. The van der Waals surface area contributed by atoms with Gasteiger partial charge in [0.05, 0.1) is 28.8 Å². The highest BCUT2D eigenvalue weighted by molar-refractivity contribution is 6.39. The quantitative estimate of drug-likeness (QED) is 0.507. The van der Waals surface area contributed by atoms with E-state index in [1.807, 2.05) is 24.4 Å². The van der Waals surface area contributed by atoms with Crippen LogP contribution in [0.2, 0.25) is 10.0 Å². The number of rotatable bonds is 8. The maximum atomic E-state index is 12.2. The molecule has 0 aliphatic rings. The van der Waals surface area contributed by atoms with Gasteiger partial charge in [0.2, 0.25) is 11.8 Å². The van der Waals surface area contributed by atoms with Crippen LogP contribution in [0.1, 0.15) is 5.56 Å². The topological polar surface area (TPSA) is 77.2 Å². The molecule has 0 aliphatic carbocycles. The van der Waals surface area contributed by atoms with Gasteiger partial charge in [0.25, 0.3) is 0 Å². The van der Waals surface area contributed by atoms with Crippen LogP contribution in [0.4, 0.5) is 5.69 Å². The molecule has 0 bridgehead atoms. The number of aromatic amines is 1. The molecule has 8 heteroatoms. The monoisotopic (exact) mass is 432 g/mol. The average molecular weight is 433 g/mol. The number of nitrogens with one attached hydrogen (secondary N) is 3. The number of fused-ring (bicyclic) bond motifs is 1. The minimum atomic E-state index is -0.297. The van der Waals surface area contributed by atoms with Crippen molar-refractivity contribution in [1.29, 1.82) is 0 Å². The van der Waals surface area contributed by atoms with Gasteiger partial charge in [-0.05, 0) is 37.2 Å². The molecule has 3 rings (SSSR count). The number of amides is 2. The van der Waals surface area contributed by atoms with Gasteiger partial charge in [-0.3, -0.25) is 14.5 Å². The van der Waals surface area contributed by atoms with Crippen LogP contribution in [0, 0.1) is 0 Å². The second-order valence-corrected chi connectivity index (χ2v) is 7.59. The van der Waals surface area contributed by atoms with E-state index in [9.17, 15) is 9.59 Å². The number of hydrogen-bond acceptors (Lipinski definition) is 3. The Morgan fingerprint density at radius 2 is 1.69 bits per heavy atom. The third-order valence-electron chi connectivity index (χ3n) is 4.45. The van der Waals surface area contributed by atoms with Gasteiger partial charge in [-0.15, -0.1) is 0 Å². The highest BCUT2D eigenvalue weighted by Gasteiger charge is 2.14. The summed E-state index contributed by atoms with van der Waals surface area (Å²) in [6.45, 7) is 0.672. The van der Waals surface area contributed by atoms with Crippen molar-refractivity contribution >= 4 is 51.6 Å². The minimum Gasteiger partial charge on any atom is -0.361 e. The number of benzene rings is 2. The van der Waals surface area contributed by atoms with E-state index < -0.39 is 0 Å². The average Bonchev–Trinajstić information content (AvgIpc) is 3.08. The number of hydrogen-bond donors (Lipinski definition) is 3. The van der Waals surface area contributed by atoms with E-state index in [1.54, 1.807) is 30.1 Å². The Bertz CT molecular complexity index is 999. The van der Waals surface area contributed by atoms with Crippen molar-refractivity contribution in [2.24, 2.45) is 0 Å². The Hall–Kier alpha value is -2.54. The lowest BCUT2D eigenvalue weighted by atomic mass is 10.1. The molecule has 29 heavy (non-hydrogen) atoms. The fraction of sp³-hybridized carbons (Fsp3) is 0.238. The molecule has 1 aromatic heterocycles. The molecule has 0 saturated heterocycles. The standard InChI is InChI=1S/C21H22Cl2N4O2/c1-27(13-20(29)26-21-16(22)6-4-7-17(21)23)12-19(28)24-10-9-14-11-25-18-8-3-2-5-15(14)18/h2-8,11,25H,9-10,12-13H2,1H3,(H,24,28)(H,26,29). The number of nitrogens with zero attached hydrogens (tertiary/aromatic N) is 1. The molecule has 0 radical (unpaired) electrons.